The molecule has 0 atom stereocenters. The fraction of sp³-hybridized carbons (Fsp3) is 0.571. The Balaban J connectivity index is 0.993. The van der Waals surface area contributed by atoms with Crippen LogP contribution < -0.4 is 4.90 Å². The fourth-order valence-corrected chi connectivity index (χ4v) is 10.1. The summed E-state index contributed by atoms with van der Waals surface area (Å²) >= 11 is 1.72. The van der Waals surface area contributed by atoms with Crippen molar-refractivity contribution in [2.24, 2.45) is 10.8 Å². The zero-order chi connectivity index (χ0) is 31.5. The molecule has 3 aromatic heterocycles. The molecule has 0 aliphatic heterocycles. The number of hydrogen-bond acceptors (Lipinski definition) is 7. The van der Waals surface area contributed by atoms with E-state index >= 15 is 0 Å². The topological polar surface area (TPSA) is 85.0 Å². The summed E-state index contributed by atoms with van der Waals surface area (Å²) in [7, 11) is 0. The number of thiazole rings is 1. The highest BCUT2D eigenvalue weighted by molar-refractivity contribution is 7.18. The van der Waals surface area contributed by atoms with Gasteiger partial charge in [-0.1, -0.05) is 17.3 Å². The molecule has 4 bridgehead atoms. The van der Waals surface area contributed by atoms with Crippen molar-refractivity contribution in [3.8, 4) is 11.1 Å². The first kappa shape index (κ1) is 28.8. The molecule has 3 heterocycles. The normalized spacial score (nSPS) is 31.5. The first-order chi connectivity index (χ1) is 21.9. The average Bonchev–Trinajstić information content (AvgIpc) is 3.56. The smallest absolute Gasteiger partial charge is 0.322 e. The summed E-state index contributed by atoms with van der Waals surface area (Å²) in [6, 6.07) is 10.3. The van der Waals surface area contributed by atoms with Crippen LogP contribution in [0.1, 0.15) is 107 Å². The van der Waals surface area contributed by atoms with Crippen LogP contribution >= 0.6 is 11.3 Å². The molecule has 7 saturated carbocycles. The van der Waals surface area contributed by atoms with Gasteiger partial charge in [-0.15, -0.1) is 11.3 Å². The van der Waals surface area contributed by atoms with Crippen LogP contribution in [0.5, 0.6) is 0 Å². The van der Waals surface area contributed by atoms with Crippen LogP contribution in [0.3, 0.4) is 0 Å². The molecule has 1 amide bonds. The molecule has 46 heavy (non-hydrogen) atoms. The van der Waals surface area contributed by atoms with E-state index in [2.05, 4.69) is 33.3 Å². The van der Waals surface area contributed by atoms with Crippen LogP contribution in [0, 0.1) is 10.8 Å². The van der Waals surface area contributed by atoms with Crippen LogP contribution in [0.4, 0.5) is 18.9 Å². The van der Waals surface area contributed by atoms with Crippen molar-refractivity contribution in [3.63, 3.8) is 0 Å². The maximum Gasteiger partial charge on any atom is 0.322 e. The monoisotopic (exact) mass is 647 g/mol. The van der Waals surface area contributed by atoms with Gasteiger partial charge in [-0.25, -0.2) is 14.4 Å². The van der Waals surface area contributed by atoms with E-state index in [0.717, 1.165) is 72.6 Å². The van der Waals surface area contributed by atoms with Crippen molar-refractivity contribution < 1.29 is 22.5 Å². The number of rotatable bonds is 9. The van der Waals surface area contributed by atoms with Crippen molar-refractivity contribution in [2.75, 3.05) is 11.4 Å². The minimum Gasteiger partial charge on any atom is -0.333 e. The van der Waals surface area contributed by atoms with Gasteiger partial charge in [-0.3, -0.25) is 4.79 Å². The molecule has 0 radical (unpaired) electrons. The lowest BCUT2D eigenvalue weighted by molar-refractivity contribution is -0.215. The summed E-state index contributed by atoms with van der Waals surface area (Å²) < 4.78 is 48.2. The van der Waals surface area contributed by atoms with Gasteiger partial charge in [0.05, 0.1) is 9.71 Å². The number of nitrogens with zero attached hydrogens (tertiary/aromatic N) is 5. The average molecular weight is 648 g/mol. The highest BCUT2D eigenvalue weighted by Gasteiger charge is 2.69. The Bertz CT molecular complexity index is 1830. The van der Waals surface area contributed by atoms with Crippen molar-refractivity contribution in [3.05, 3.63) is 53.3 Å². The molecular formula is C35H36F3N5O2S. The molecule has 7 aliphatic rings. The molecule has 0 unspecified atom stereocenters. The zero-order valence-corrected chi connectivity index (χ0v) is 26.6. The number of carbonyl (C=O) groups excluding carboxylic acids is 1. The van der Waals surface area contributed by atoms with Crippen LogP contribution in [-0.2, 0) is 16.1 Å². The molecule has 11 rings (SSSR count). The number of aromatic nitrogens is 4. The van der Waals surface area contributed by atoms with E-state index in [9.17, 15) is 18.0 Å². The molecule has 240 valence electrons. The minimum absolute atomic E-state index is 0.0498. The Hall–Kier alpha value is -3.34. The van der Waals surface area contributed by atoms with E-state index < -0.39 is 17.5 Å². The van der Waals surface area contributed by atoms with E-state index in [0.29, 0.717) is 44.0 Å². The Kier molecular flexibility index (Phi) is 6.03. The first-order valence-electron chi connectivity index (χ1n) is 16.5. The Morgan fingerprint density at radius 2 is 1.76 bits per heavy atom. The highest BCUT2D eigenvalue weighted by atomic mass is 32.1. The molecule has 1 aromatic carbocycles. The standard InChI is InChI=1S/C35H36F3N5O2S/c1-31(36,37)30-41-29(42-45-30)34-10-7-32(8-11-34,9-12-34)20-43(26(44)15-33-17-35(38,18-33)19-33)24-4-2-3-22(13-24)23-14-25-27(39-16-23)40-28(46-25)21-5-6-21/h2-4,13-14,16,21H,5-12,15,17-20H2,1H3. The SMILES string of the molecule is CC(F)(F)c1nc(C23CCC(CN(C(=O)CC45CC(F)(C4)C5)c4cccc(-c5cnc6nc(C7CC7)sc6c5)c4)(CC2)CC3)no1. The van der Waals surface area contributed by atoms with Gasteiger partial charge < -0.3 is 9.42 Å². The lowest BCUT2D eigenvalue weighted by atomic mass is 9.41. The number of alkyl halides is 3. The third kappa shape index (κ3) is 4.70. The largest absolute Gasteiger partial charge is 0.333 e. The number of benzene rings is 1. The van der Waals surface area contributed by atoms with Crippen LogP contribution in [-0.4, -0.2) is 38.2 Å². The fourth-order valence-electron chi connectivity index (χ4n) is 8.93. The number of fused-ring (bicyclic) bond motifs is 4. The van der Waals surface area contributed by atoms with Gasteiger partial charge in [-0.2, -0.15) is 13.8 Å². The van der Waals surface area contributed by atoms with E-state index in [1.54, 1.807) is 11.3 Å². The number of pyridine rings is 1. The van der Waals surface area contributed by atoms with E-state index in [-0.39, 0.29) is 22.2 Å². The molecule has 0 N–H and O–H groups in total. The molecule has 0 spiro atoms. The van der Waals surface area contributed by atoms with Gasteiger partial charge in [-0.05, 0) is 105 Å². The quantitative estimate of drug-likeness (QED) is 0.181. The molecule has 4 aromatic rings. The second-order valence-corrected chi connectivity index (χ2v) is 16.4. The number of carbonyl (C=O) groups is 1. The zero-order valence-electron chi connectivity index (χ0n) is 25.8. The van der Waals surface area contributed by atoms with Gasteiger partial charge in [0, 0.05) is 48.7 Å². The lowest BCUT2D eigenvalue weighted by Gasteiger charge is -2.66. The summed E-state index contributed by atoms with van der Waals surface area (Å²) in [5.74, 6) is -2.79. The van der Waals surface area contributed by atoms with E-state index in [1.165, 1.54) is 17.8 Å². The first-order valence-corrected chi connectivity index (χ1v) is 17.3. The van der Waals surface area contributed by atoms with Gasteiger partial charge in [0.15, 0.2) is 11.5 Å². The van der Waals surface area contributed by atoms with Crippen LogP contribution in [0.2, 0.25) is 0 Å². The Labute approximate surface area is 269 Å². The predicted octanol–water partition coefficient (Wildman–Crippen LogP) is 8.64. The molecule has 7 nitrogen and oxygen atoms in total. The summed E-state index contributed by atoms with van der Waals surface area (Å²) in [6.07, 6.45) is 10.9. The van der Waals surface area contributed by atoms with Crippen molar-refractivity contribution >= 4 is 33.3 Å². The number of hydrogen-bond donors (Lipinski definition) is 0. The van der Waals surface area contributed by atoms with Crippen molar-refractivity contribution in [2.45, 2.75) is 107 Å². The molecule has 11 heteroatoms. The van der Waals surface area contributed by atoms with Crippen LogP contribution in [0.25, 0.3) is 21.5 Å². The predicted molar refractivity (Wildman–Crippen MR) is 168 cm³/mol. The summed E-state index contributed by atoms with van der Waals surface area (Å²) in [5.41, 5.74) is 1.88. The maximum absolute atomic E-state index is 14.4. The second-order valence-electron chi connectivity index (χ2n) is 15.4. The molecular weight excluding hydrogens is 611 g/mol. The van der Waals surface area contributed by atoms with Crippen molar-refractivity contribution in [1.29, 1.82) is 0 Å². The maximum atomic E-state index is 14.4. The Morgan fingerprint density at radius 1 is 1.02 bits per heavy atom. The van der Waals surface area contributed by atoms with Gasteiger partial charge in [0.1, 0.15) is 5.67 Å². The highest BCUT2D eigenvalue weighted by Crippen LogP contribution is 2.71. The summed E-state index contributed by atoms with van der Waals surface area (Å²) in [5, 5.41) is 5.17. The number of halogens is 3. The second kappa shape index (κ2) is 9.61. The summed E-state index contributed by atoms with van der Waals surface area (Å²) in [6.45, 7) is 1.35. The molecule has 0 saturated heterocycles. The van der Waals surface area contributed by atoms with Crippen molar-refractivity contribution in [1.82, 2.24) is 20.1 Å². The van der Waals surface area contributed by atoms with E-state index in [1.807, 2.05) is 23.2 Å². The molecule has 7 fully saturated rings. The number of amides is 1. The summed E-state index contributed by atoms with van der Waals surface area (Å²) in [4.78, 5) is 29.7. The van der Waals surface area contributed by atoms with E-state index in [4.69, 9.17) is 9.51 Å². The van der Waals surface area contributed by atoms with Gasteiger partial charge in [0.2, 0.25) is 5.91 Å². The third-order valence-electron chi connectivity index (χ3n) is 11.8. The Morgan fingerprint density at radius 3 is 2.41 bits per heavy atom. The number of anilines is 1. The molecule has 7 aliphatic carbocycles. The van der Waals surface area contributed by atoms with Gasteiger partial charge >= 0.3 is 5.92 Å². The minimum atomic E-state index is -3.17. The van der Waals surface area contributed by atoms with Crippen LogP contribution in [0.15, 0.2) is 41.1 Å². The van der Waals surface area contributed by atoms with Gasteiger partial charge in [0.25, 0.3) is 5.89 Å². The lowest BCUT2D eigenvalue weighted by Crippen LogP contribution is -2.65. The third-order valence-corrected chi connectivity index (χ3v) is 12.9.